The number of hydrogen-bond donors (Lipinski definition) is 1. The highest BCUT2D eigenvalue weighted by Gasteiger charge is 2.18. The lowest BCUT2D eigenvalue weighted by Crippen LogP contribution is -2.03. The Labute approximate surface area is 111 Å². The smallest absolute Gasteiger partial charge is 0.122 e. The van der Waals surface area contributed by atoms with E-state index in [0.29, 0.717) is 0 Å². The summed E-state index contributed by atoms with van der Waals surface area (Å²) in [6.45, 7) is 5.88. The van der Waals surface area contributed by atoms with E-state index in [0.717, 1.165) is 33.0 Å². The molecular weight excluding hydrogens is 246 g/mol. The Morgan fingerprint density at radius 1 is 1.22 bits per heavy atom. The number of thiazole rings is 1. The van der Waals surface area contributed by atoms with E-state index in [1.165, 1.54) is 11.3 Å². The Kier molecular flexibility index (Phi) is 3.68. The number of nitrogens with zero attached hydrogens (tertiary/aromatic N) is 1. The molecule has 0 radical (unpaired) electrons. The zero-order valence-corrected chi connectivity index (χ0v) is 11.8. The predicted octanol–water partition coefficient (Wildman–Crippen LogP) is 3.16. The number of rotatable bonds is 3. The van der Waals surface area contributed by atoms with Gasteiger partial charge in [-0.05, 0) is 49.6 Å². The average molecular weight is 263 g/mol. The van der Waals surface area contributed by atoms with E-state index in [9.17, 15) is 5.11 Å². The van der Waals surface area contributed by atoms with Crippen LogP contribution in [-0.4, -0.2) is 17.2 Å². The first kappa shape index (κ1) is 13.1. The SMILES string of the molecule is COc1cc(C)c(C(O)c2scnc2C)cc1C. The van der Waals surface area contributed by atoms with E-state index >= 15 is 0 Å². The van der Waals surface area contributed by atoms with Crippen LogP contribution in [0.3, 0.4) is 0 Å². The third kappa shape index (κ3) is 2.26. The van der Waals surface area contributed by atoms with Gasteiger partial charge < -0.3 is 9.84 Å². The maximum absolute atomic E-state index is 10.5. The first-order chi connectivity index (χ1) is 8.54. The Morgan fingerprint density at radius 3 is 2.50 bits per heavy atom. The van der Waals surface area contributed by atoms with Crippen LogP contribution in [-0.2, 0) is 0 Å². The predicted molar refractivity (Wildman–Crippen MR) is 73.4 cm³/mol. The highest BCUT2D eigenvalue weighted by atomic mass is 32.1. The summed E-state index contributed by atoms with van der Waals surface area (Å²) >= 11 is 1.48. The topological polar surface area (TPSA) is 42.4 Å². The quantitative estimate of drug-likeness (QED) is 0.925. The third-order valence-corrected chi connectivity index (χ3v) is 4.09. The van der Waals surface area contributed by atoms with E-state index in [-0.39, 0.29) is 0 Å². The number of aliphatic hydroxyl groups is 1. The second kappa shape index (κ2) is 5.08. The normalized spacial score (nSPS) is 12.5. The lowest BCUT2D eigenvalue weighted by atomic mass is 9.98. The second-order valence-electron chi connectivity index (χ2n) is 4.38. The molecule has 0 saturated carbocycles. The molecule has 3 nitrogen and oxygen atoms in total. The summed E-state index contributed by atoms with van der Waals surface area (Å²) in [6, 6.07) is 3.95. The maximum atomic E-state index is 10.5. The molecule has 0 saturated heterocycles. The fourth-order valence-corrected chi connectivity index (χ4v) is 2.84. The van der Waals surface area contributed by atoms with E-state index in [1.807, 2.05) is 32.9 Å². The minimum absolute atomic E-state index is 0.609. The highest BCUT2D eigenvalue weighted by molar-refractivity contribution is 7.09. The van der Waals surface area contributed by atoms with E-state index in [4.69, 9.17) is 4.74 Å². The fourth-order valence-electron chi connectivity index (χ4n) is 2.04. The minimum Gasteiger partial charge on any atom is -0.496 e. The van der Waals surface area contributed by atoms with Gasteiger partial charge in [0.2, 0.25) is 0 Å². The summed E-state index contributed by atoms with van der Waals surface area (Å²) in [4.78, 5) is 5.09. The molecule has 0 aliphatic carbocycles. The number of aryl methyl sites for hydroxylation is 3. The van der Waals surface area contributed by atoms with E-state index < -0.39 is 6.10 Å². The number of aliphatic hydroxyl groups excluding tert-OH is 1. The lowest BCUT2D eigenvalue weighted by Gasteiger charge is -2.16. The van der Waals surface area contributed by atoms with Crippen LogP contribution in [0.15, 0.2) is 17.6 Å². The van der Waals surface area contributed by atoms with Crippen LogP contribution in [0.1, 0.15) is 33.4 Å². The second-order valence-corrected chi connectivity index (χ2v) is 5.27. The molecule has 4 heteroatoms. The number of aromatic nitrogens is 1. The molecule has 0 amide bonds. The zero-order valence-electron chi connectivity index (χ0n) is 11.0. The van der Waals surface area contributed by atoms with Gasteiger partial charge in [-0.15, -0.1) is 11.3 Å². The Balaban J connectivity index is 2.46. The van der Waals surface area contributed by atoms with Gasteiger partial charge in [-0.2, -0.15) is 0 Å². The number of methoxy groups -OCH3 is 1. The van der Waals surface area contributed by atoms with Crippen LogP contribution >= 0.6 is 11.3 Å². The van der Waals surface area contributed by atoms with Crippen molar-refractivity contribution in [3.63, 3.8) is 0 Å². The maximum Gasteiger partial charge on any atom is 0.122 e. The van der Waals surface area contributed by atoms with Crippen molar-refractivity contribution in [3.05, 3.63) is 44.9 Å². The molecule has 96 valence electrons. The molecular formula is C14H17NO2S. The van der Waals surface area contributed by atoms with Gasteiger partial charge in [-0.3, -0.25) is 0 Å². The van der Waals surface area contributed by atoms with Gasteiger partial charge in [0.1, 0.15) is 11.9 Å². The summed E-state index contributed by atoms with van der Waals surface area (Å²) in [5, 5.41) is 10.5. The van der Waals surface area contributed by atoms with Gasteiger partial charge in [-0.25, -0.2) is 4.98 Å². The molecule has 1 N–H and O–H groups in total. The molecule has 1 atom stereocenters. The summed E-state index contributed by atoms with van der Waals surface area (Å²) in [7, 11) is 1.66. The molecule has 1 heterocycles. The molecule has 1 aromatic carbocycles. The minimum atomic E-state index is -0.609. The zero-order chi connectivity index (χ0) is 13.3. The molecule has 2 rings (SSSR count). The molecule has 0 aliphatic rings. The van der Waals surface area contributed by atoms with Crippen molar-refractivity contribution in [1.82, 2.24) is 4.98 Å². The van der Waals surface area contributed by atoms with Crippen LogP contribution < -0.4 is 4.74 Å². The average Bonchev–Trinajstić information content (AvgIpc) is 2.77. The Hall–Kier alpha value is -1.39. The number of benzene rings is 1. The van der Waals surface area contributed by atoms with E-state index in [2.05, 4.69) is 4.98 Å². The van der Waals surface area contributed by atoms with E-state index in [1.54, 1.807) is 12.6 Å². The van der Waals surface area contributed by atoms with Gasteiger partial charge in [0.05, 0.1) is 23.2 Å². The van der Waals surface area contributed by atoms with Crippen molar-refractivity contribution >= 4 is 11.3 Å². The molecule has 18 heavy (non-hydrogen) atoms. The van der Waals surface area contributed by atoms with Gasteiger partial charge in [0.15, 0.2) is 0 Å². The van der Waals surface area contributed by atoms with Crippen molar-refractivity contribution in [3.8, 4) is 5.75 Å². The summed E-state index contributed by atoms with van der Waals surface area (Å²) < 4.78 is 5.28. The van der Waals surface area contributed by atoms with Crippen LogP contribution in [0.2, 0.25) is 0 Å². The van der Waals surface area contributed by atoms with Crippen molar-refractivity contribution in [1.29, 1.82) is 0 Å². The van der Waals surface area contributed by atoms with Gasteiger partial charge in [0, 0.05) is 0 Å². The molecule has 1 unspecified atom stereocenters. The van der Waals surface area contributed by atoms with Gasteiger partial charge in [-0.1, -0.05) is 0 Å². The third-order valence-electron chi connectivity index (χ3n) is 3.11. The molecule has 0 aliphatic heterocycles. The summed E-state index contributed by atoms with van der Waals surface area (Å²) in [6.07, 6.45) is -0.609. The lowest BCUT2D eigenvalue weighted by molar-refractivity contribution is 0.222. The summed E-state index contributed by atoms with van der Waals surface area (Å²) in [5.74, 6) is 0.851. The molecule has 1 aromatic heterocycles. The van der Waals surface area contributed by atoms with Crippen molar-refractivity contribution in [2.75, 3.05) is 7.11 Å². The van der Waals surface area contributed by atoms with Crippen LogP contribution in [0.4, 0.5) is 0 Å². The largest absolute Gasteiger partial charge is 0.496 e. The molecule has 0 bridgehead atoms. The molecule has 2 aromatic rings. The first-order valence-corrected chi connectivity index (χ1v) is 6.65. The van der Waals surface area contributed by atoms with Crippen molar-refractivity contribution in [2.24, 2.45) is 0 Å². The summed E-state index contributed by atoms with van der Waals surface area (Å²) in [5.41, 5.74) is 5.62. The Morgan fingerprint density at radius 2 is 1.94 bits per heavy atom. The highest BCUT2D eigenvalue weighted by Crippen LogP contribution is 2.32. The van der Waals surface area contributed by atoms with Crippen molar-refractivity contribution in [2.45, 2.75) is 26.9 Å². The number of hydrogen-bond acceptors (Lipinski definition) is 4. The molecule has 0 fully saturated rings. The standard InChI is InChI=1S/C14H17NO2S/c1-8-6-12(17-4)9(2)5-11(8)13(16)14-10(3)15-7-18-14/h5-7,13,16H,1-4H3. The van der Waals surface area contributed by atoms with Crippen LogP contribution in [0.25, 0.3) is 0 Å². The molecule has 0 spiro atoms. The Bertz CT molecular complexity index is 563. The fraction of sp³-hybridized carbons (Fsp3) is 0.357. The van der Waals surface area contributed by atoms with Gasteiger partial charge in [0.25, 0.3) is 0 Å². The first-order valence-electron chi connectivity index (χ1n) is 5.77. The van der Waals surface area contributed by atoms with Crippen LogP contribution in [0.5, 0.6) is 5.75 Å². The van der Waals surface area contributed by atoms with Gasteiger partial charge >= 0.3 is 0 Å². The monoisotopic (exact) mass is 263 g/mol. The number of ether oxygens (including phenoxy) is 1. The van der Waals surface area contributed by atoms with Crippen LogP contribution in [0, 0.1) is 20.8 Å². The van der Waals surface area contributed by atoms with Crippen molar-refractivity contribution < 1.29 is 9.84 Å².